The smallest absolute Gasteiger partial charge is 0.303 e. The van der Waals surface area contributed by atoms with Crippen molar-refractivity contribution in [2.75, 3.05) is 34.3 Å². The molecule has 6 nitrogen and oxygen atoms in total. The van der Waals surface area contributed by atoms with Gasteiger partial charge in [0.25, 0.3) is 0 Å². The first-order chi connectivity index (χ1) is 8.24. The minimum atomic E-state index is -0.800. The molecule has 0 spiro atoms. The van der Waals surface area contributed by atoms with Gasteiger partial charge in [0.1, 0.15) is 6.54 Å². The van der Waals surface area contributed by atoms with Gasteiger partial charge in [-0.1, -0.05) is 0 Å². The van der Waals surface area contributed by atoms with Crippen LogP contribution in [0.2, 0.25) is 0 Å². The summed E-state index contributed by atoms with van der Waals surface area (Å²) in [6.07, 6.45) is 2.30. The fourth-order valence-electron chi connectivity index (χ4n) is 1.05. The van der Waals surface area contributed by atoms with Gasteiger partial charge in [-0.3, -0.25) is 4.79 Å². The minimum Gasteiger partial charge on any atom is -1.00 e. The fraction of sp³-hybridized carbons (Fsp3) is 0.636. The van der Waals surface area contributed by atoms with Gasteiger partial charge in [-0.25, -0.2) is 0 Å². The van der Waals surface area contributed by atoms with Crippen LogP contribution in [0.4, 0.5) is 0 Å². The molecule has 0 atom stereocenters. The average molecular weight is 312 g/mol. The number of aliphatic hydroxyl groups excluding tert-OH is 1. The van der Waals surface area contributed by atoms with Gasteiger partial charge >= 0.3 is 5.97 Å². The van der Waals surface area contributed by atoms with Gasteiger partial charge < -0.3 is 37.1 Å². The molecule has 1 heterocycles. The van der Waals surface area contributed by atoms with Gasteiger partial charge in [-0.05, 0) is 18.6 Å². The Balaban J connectivity index is 0. The maximum Gasteiger partial charge on any atom is 0.303 e. The second-order valence-corrected chi connectivity index (χ2v) is 5.31. The van der Waals surface area contributed by atoms with Crippen molar-refractivity contribution in [2.45, 2.75) is 12.8 Å². The molecule has 19 heavy (non-hydrogen) atoms. The zero-order valence-electron chi connectivity index (χ0n) is 11.4. The number of hydrogen-bond donors (Lipinski definition) is 4. The number of nitrogens with zero attached hydrogens (tertiary/aromatic N) is 1. The Morgan fingerprint density at radius 2 is 2.00 bits per heavy atom. The molecule has 0 aliphatic rings. The van der Waals surface area contributed by atoms with E-state index in [1.807, 2.05) is 0 Å². The summed E-state index contributed by atoms with van der Waals surface area (Å²) in [6.45, 7) is 1.11. The molecular weight excluding hydrogens is 290 g/mol. The molecule has 8 heteroatoms. The highest BCUT2D eigenvalue weighted by atomic mass is 35.5. The van der Waals surface area contributed by atoms with Crippen molar-refractivity contribution in [3.8, 4) is 0 Å². The molecule has 4 N–H and O–H groups in total. The minimum absolute atomic E-state index is 0. The highest BCUT2D eigenvalue weighted by Gasteiger charge is 2.02. The van der Waals surface area contributed by atoms with Crippen LogP contribution in [0.3, 0.4) is 0 Å². The number of likely N-dealkylation sites (N-methyl/N-ethyl adjacent to an activating group) is 1. The predicted octanol–water partition coefficient (Wildman–Crippen LogP) is -2.22. The van der Waals surface area contributed by atoms with Crippen LogP contribution in [-0.4, -0.2) is 64.9 Å². The molecule has 0 saturated heterocycles. The third-order valence-electron chi connectivity index (χ3n) is 2.03. The third kappa shape index (κ3) is 13.3. The fourth-order valence-corrected chi connectivity index (χ4v) is 1.24. The summed E-state index contributed by atoms with van der Waals surface area (Å²) in [4.78, 5) is 15.7. The van der Waals surface area contributed by atoms with Gasteiger partial charge in [0.15, 0.2) is 4.77 Å². The van der Waals surface area contributed by atoms with E-state index in [4.69, 9.17) is 22.4 Å². The number of rotatable bonds is 5. The van der Waals surface area contributed by atoms with E-state index >= 15 is 0 Å². The zero-order valence-corrected chi connectivity index (χ0v) is 13.0. The van der Waals surface area contributed by atoms with Crippen LogP contribution in [0.5, 0.6) is 0 Å². The third-order valence-corrected chi connectivity index (χ3v) is 2.25. The van der Waals surface area contributed by atoms with E-state index in [9.17, 15) is 4.79 Å². The summed E-state index contributed by atoms with van der Waals surface area (Å²) in [5, 5.41) is 16.7. The molecule has 0 amide bonds. The van der Waals surface area contributed by atoms with Gasteiger partial charge in [-0.2, -0.15) is 0 Å². The molecule has 0 fully saturated rings. The van der Waals surface area contributed by atoms with E-state index in [1.54, 1.807) is 6.20 Å². The van der Waals surface area contributed by atoms with E-state index < -0.39 is 5.97 Å². The van der Waals surface area contributed by atoms with Crippen molar-refractivity contribution >= 4 is 18.2 Å². The number of aliphatic carboxylic acids is 1. The molecule has 1 aromatic rings. The van der Waals surface area contributed by atoms with E-state index in [1.165, 1.54) is 0 Å². The standard InChI is InChI=1S/C6H8N2O2S.C5H14NO.ClH/c9-5(10)2-1-4-3-7-6(11)8-4;1-6(2,3)4-5-7;/h3H,1-2H2,(H,9,10)(H2,7,8,11);7H,4-5H2,1-3H3;1H/q;+1;/p-1. The zero-order chi connectivity index (χ0) is 14.2. The average Bonchev–Trinajstić information content (AvgIpc) is 2.60. The van der Waals surface area contributed by atoms with E-state index in [2.05, 4.69) is 31.1 Å². The molecule has 0 bridgehead atoms. The van der Waals surface area contributed by atoms with Crippen molar-refractivity contribution in [1.82, 2.24) is 9.97 Å². The number of quaternary nitrogens is 1. The number of carbonyl (C=O) groups is 1. The summed E-state index contributed by atoms with van der Waals surface area (Å²) in [7, 11) is 6.16. The molecule has 0 unspecified atom stereocenters. The van der Waals surface area contributed by atoms with Crippen LogP contribution in [0.15, 0.2) is 6.20 Å². The summed E-state index contributed by atoms with van der Waals surface area (Å²) >= 11 is 4.75. The first-order valence-electron chi connectivity index (χ1n) is 5.64. The topological polar surface area (TPSA) is 89.1 Å². The summed E-state index contributed by atoms with van der Waals surface area (Å²) < 4.78 is 1.38. The summed E-state index contributed by atoms with van der Waals surface area (Å²) in [5.74, 6) is -0.800. The number of nitrogens with one attached hydrogen (secondary N) is 2. The Morgan fingerprint density at radius 3 is 2.26 bits per heavy atom. The van der Waals surface area contributed by atoms with Crippen LogP contribution < -0.4 is 12.4 Å². The number of imidazole rings is 1. The van der Waals surface area contributed by atoms with Crippen LogP contribution in [-0.2, 0) is 11.2 Å². The summed E-state index contributed by atoms with van der Waals surface area (Å²) in [6, 6.07) is 0. The van der Waals surface area contributed by atoms with Crippen molar-refractivity contribution in [3.63, 3.8) is 0 Å². The SMILES string of the molecule is C[N+](C)(C)CCO.O=C(O)CCc1c[nH]c(=S)[nH]1.[Cl-]. The van der Waals surface area contributed by atoms with Gasteiger partial charge in [0, 0.05) is 11.9 Å². The molecule has 112 valence electrons. The lowest BCUT2D eigenvalue weighted by Crippen LogP contribution is -3.00. The van der Waals surface area contributed by atoms with Crippen LogP contribution >= 0.6 is 12.2 Å². The van der Waals surface area contributed by atoms with Crippen molar-refractivity contribution in [1.29, 1.82) is 0 Å². The Kier molecular flexibility index (Phi) is 10.7. The highest BCUT2D eigenvalue weighted by molar-refractivity contribution is 7.71. The Hall–Kier alpha value is -0.890. The Labute approximate surface area is 124 Å². The first-order valence-corrected chi connectivity index (χ1v) is 6.05. The Morgan fingerprint density at radius 1 is 1.42 bits per heavy atom. The second-order valence-electron chi connectivity index (χ2n) is 4.90. The van der Waals surface area contributed by atoms with Gasteiger partial charge in [-0.15, -0.1) is 0 Å². The maximum atomic E-state index is 10.1. The number of aliphatic hydroxyl groups is 1. The number of halogens is 1. The number of hydrogen-bond acceptors (Lipinski definition) is 3. The number of carboxylic acids is 1. The normalized spacial score (nSPS) is 10.1. The number of carboxylic acid groups (broad SMARTS) is 1. The molecule has 1 aromatic heterocycles. The van der Waals surface area contributed by atoms with E-state index in [0.717, 1.165) is 16.7 Å². The molecular formula is C11H22ClN3O3S. The Bertz CT molecular complexity index is 412. The number of aromatic amines is 2. The van der Waals surface area contributed by atoms with E-state index in [-0.39, 0.29) is 25.4 Å². The van der Waals surface area contributed by atoms with Crippen LogP contribution in [0.1, 0.15) is 12.1 Å². The predicted molar refractivity (Wildman–Crippen MR) is 71.9 cm³/mol. The van der Waals surface area contributed by atoms with E-state index in [0.29, 0.717) is 11.2 Å². The molecule has 1 rings (SSSR count). The largest absolute Gasteiger partial charge is 1.00 e. The quantitative estimate of drug-likeness (QED) is 0.366. The highest BCUT2D eigenvalue weighted by Crippen LogP contribution is 1.97. The second kappa shape index (κ2) is 9.96. The van der Waals surface area contributed by atoms with Gasteiger partial charge in [0.05, 0.1) is 34.2 Å². The summed E-state index contributed by atoms with van der Waals surface area (Å²) in [5.41, 5.74) is 0.831. The lowest BCUT2D eigenvalue weighted by Gasteiger charge is -2.21. The van der Waals surface area contributed by atoms with Gasteiger partial charge in [0.2, 0.25) is 0 Å². The molecule has 0 aliphatic heterocycles. The van der Waals surface area contributed by atoms with Crippen molar-refractivity contribution < 1.29 is 31.9 Å². The lowest BCUT2D eigenvalue weighted by atomic mass is 10.2. The number of aryl methyl sites for hydroxylation is 1. The van der Waals surface area contributed by atoms with Crippen LogP contribution in [0.25, 0.3) is 0 Å². The molecule has 0 radical (unpaired) electrons. The monoisotopic (exact) mass is 311 g/mol. The number of H-pyrrole nitrogens is 2. The van der Waals surface area contributed by atoms with Crippen molar-refractivity contribution in [2.24, 2.45) is 0 Å². The van der Waals surface area contributed by atoms with Crippen molar-refractivity contribution in [3.05, 3.63) is 16.7 Å². The molecule has 0 aliphatic carbocycles. The first kappa shape index (κ1) is 20.4. The van der Waals surface area contributed by atoms with Crippen LogP contribution in [0, 0.1) is 4.77 Å². The molecule has 0 saturated carbocycles. The maximum absolute atomic E-state index is 10.1. The molecule has 0 aromatic carbocycles. The number of aromatic nitrogens is 2. The lowest BCUT2D eigenvalue weighted by molar-refractivity contribution is -0.870.